The Labute approximate surface area is 83.0 Å². The molecule has 11 heavy (non-hydrogen) atoms. The monoisotopic (exact) mass is 234 g/mol. The van der Waals surface area contributed by atoms with E-state index in [1.807, 2.05) is 0 Å². The van der Waals surface area contributed by atoms with E-state index in [0.717, 1.165) is 5.54 Å². The van der Waals surface area contributed by atoms with Crippen LogP contribution in [-0.2, 0) is 4.79 Å². The fourth-order valence-corrected chi connectivity index (χ4v) is 0.792. The van der Waals surface area contributed by atoms with Gasteiger partial charge in [-0.25, -0.2) is 4.79 Å². The van der Waals surface area contributed by atoms with Crippen molar-refractivity contribution in [1.29, 1.82) is 0 Å². The van der Waals surface area contributed by atoms with Crippen LogP contribution in [0.5, 0.6) is 0 Å². The van der Waals surface area contributed by atoms with Gasteiger partial charge in [0.05, 0.1) is 10.1 Å². The first kappa shape index (κ1) is 11.1. The molecule has 0 aliphatic heterocycles. The van der Waals surface area contributed by atoms with Crippen molar-refractivity contribution < 1.29 is 9.90 Å². The number of rotatable bonds is 2. The maximum Gasteiger partial charge on any atom is 0.348 e. The zero-order chi connectivity index (χ0) is 9.02. The number of carboxylic acids is 1. The summed E-state index contributed by atoms with van der Waals surface area (Å²) in [6, 6.07) is 0. The van der Waals surface area contributed by atoms with E-state index < -0.39 is 11.0 Å². The van der Waals surface area contributed by atoms with Crippen LogP contribution in [0.3, 0.4) is 0 Å². The molecular formula is C5H2Cl4O2. The van der Waals surface area contributed by atoms with E-state index in [1.165, 1.54) is 0 Å². The third kappa shape index (κ3) is 3.34. The summed E-state index contributed by atoms with van der Waals surface area (Å²) in [5.41, 5.74) is 0.926. The van der Waals surface area contributed by atoms with Crippen LogP contribution < -0.4 is 0 Å². The van der Waals surface area contributed by atoms with Gasteiger partial charge in [-0.05, 0) is 0 Å². The molecule has 62 valence electrons. The van der Waals surface area contributed by atoms with Crippen molar-refractivity contribution in [2.75, 3.05) is 0 Å². The van der Waals surface area contributed by atoms with Crippen molar-refractivity contribution in [2.24, 2.45) is 0 Å². The van der Waals surface area contributed by atoms with Crippen LogP contribution >= 0.6 is 46.4 Å². The Hall–Kier alpha value is 0.110. The van der Waals surface area contributed by atoms with Crippen molar-refractivity contribution in [3.05, 3.63) is 20.6 Å². The molecule has 2 nitrogen and oxygen atoms in total. The zero-order valence-corrected chi connectivity index (χ0v) is 7.97. The highest BCUT2D eigenvalue weighted by molar-refractivity contribution is 6.53. The highest BCUT2D eigenvalue weighted by atomic mass is 35.5. The molecule has 0 spiro atoms. The maximum absolute atomic E-state index is 10.2. The smallest absolute Gasteiger partial charge is 0.348 e. The molecule has 0 aliphatic carbocycles. The largest absolute Gasteiger partial charge is 0.477 e. The molecule has 0 aliphatic rings. The van der Waals surface area contributed by atoms with Crippen molar-refractivity contribution in [3.63, 3.8) is 0 Å². The molecule has 0 saturated carbocycles. The normalized spacial score (nSPS) is 14.4. The molecule has 6 heteroatoms. The molecule has 0 bridgehead atoms. The molecule has 0 saturated heterocycles. The first-order valence-corrected chi connectivity index (χ1v) is 3.82. The van der Waals surface area contributed by atoms with E-state index in [9.17, 15) is 4.79 Å². The summed E-state index contributed by atoms with van der Waals surface area (Å²) in [5.74, 6) is -1.35. The van der Waals surface area contributed by atoms with E-state index in [0.29, 0.717) is 0 Å². The molecule has 0 unspecified atom stereocenters. The lowest BCUT2D eigenvalue weighted by Gasteiger charge is -1.95. The Balaban J connectivity index is 4.81. The maximum atomic E-state index is 10.2. The Morgan fingerprint density at radius 1 is 1.18 bits per heavy atom. The van der Waals surface area contributed by atoms with Gasteiger partial charge >= 0.3 is 5.97 Å². The van der Waals surface area contributed by atoms with Gasteiger partial charge in [-0.3, -0.25) is 0 Å². The van der Waals surface area contributed by atoms with Crippen LogP contribution in [-0.4, -0.2) is 11.1 Å². The summed E-state index contributed by atoms with van der Waals surface area (Å²) in [5, 5.41) is 7.34. The Bertz CT molecular complexity index is 231. The van der Waals surface area contributed by atoms with Crippen LogP contribution in [0.4, 0.5) is 0 Å². The molecule has 0 heterocycles. The first-order valence-electron chi connectivity index (χ1n) is 2.25. The van der Waals surface area contributed by atoms with E-state index >= 15 is 0 Å². The lowest BCUT2D eigenvalue weighted by atomic mass is 10.5. The average molecular weight is 236 g/mol. The average Bonchev–Trinajstić information content (AvgIpc) is 2.00. The fraction of sp³-hybridized carbons (Fsp3) is 0. The molecule has 0 amide bonds. The number of halogens is 4. The van der Waals surface area contributed by atoms with Crippen LogP contribution in [0.2, 0.25) is 0 Å². The van der Waals surface area contributed by atoms with Crippen LogP contribution in [0.15, 0.2) is 20.6 Å². The van der Waals surface area contributed by atoms with Crippen LogP contribution in [0, 0.1) is 0 Å². The second-order valence-corrected chi connectivity index (χ2v) is 2.77. The summed E-state index contributed by atoms with van der Waals surface area (Å²) < 4.78 is 0. The first-order chi connectivity index (χ1) is 5.00. The number of hydrogen-bond acceptors (Lipinski definition) is 1. The molecular weight excluding hydrogens is 234 g/mol. The van der Waals surface area contributed by atoms with Crippen molar-refractivity contribution in [2.45, 2.75) is 0 Å². The Kier molecular flexibility index (Phi) is 4.93. The standard InChI is InChI=1S/C5H2Cl4O2/c6-1-2(7)3(8)4(9)5(10)11/h1H,(H,10,11). The highest BCUT2D eigenvalue weighted by Crippen LogP contribution is 2.25. The lowest BCUT2D eigenvalue weighted by Crippen LogP contribution is -1.95. The molecule has 0 aromatic heterocycles. The summed E-state index contributed by atoms with van der Waals surface area (Å²) in [6.07, 6.45) is 0. The molecule has 0 aromatic rings. The van der Waals surface area contributed by atoms with E-state index in [1.54, 1.807) is 0 Å². The number of carbonyl (C=O) groups is 1. The fourth-order valence-electron chi connectivity index (χ4n) is 0.247. The van der Waals surface area contributed by atoms with Gasteiger partial charge in [-0.2, -0.15) is 0 Å². The molecule has 0 atom stereocenters. The molecule has 0 rings (SSSR count). The minimum absolute atomic E-state index is 0.110. The minimum atomic E-state index is -1.35. The zero-order valence-electron chi connectivity index (χ0n) is 4.94. The third-order valence-corrected chi connectivity index (χ3v) is 2.25. The SMILES string of the molecule is O=C(O)C(Cl)=C(Cl)C(Cl)=CCl. The number of carboxylic acid groups (broad SMARTS) is 1. The third-order valence-electron chi connectivity index (χ3n) is 0.686. The van der Waals surface area contributed by atoms with Crippen molar-refractivity contribution >= 4 is 52.4 Å². The van der Waals surface area contributed by atoms with Crippen molar-refractivity contribution in [3.8, 4) is 0 Å². The van der Waals surface area contributed by atoms with Gasteiger partial charge in [0, 0.05) is 5.54 Å². The Morgan fingerprint density at radius 2 is 1.64 bits per heavy atom. The number of allylic oxidation sites excluding steroid dienone is 2. The second-order valence-electron chi connectivity index (χ2n) is 1.39. The van der Waals surface area contributed by atoms with E-state index in [-0.39, 0.29) is 10.1 Å². The quantitative estimate of drug-likeness (QED) is 0.590. The van der Waals surface area contributed by atoms with Gasteiger partial charge in [-0.15, -0.1) is 0 Å². The predicted octanol–water partition coefficient (Wildman–Crippen LogP) is 3.08. The summed E-state index contributed by atoms with van der Waals surface area (Å²) >= 11 is 21.0. The van der Waals surface area contributed by atoms with Gasteiger partial charge in [0.15, 0.2) is 0 Å². The minimum Gasteiger partial charge on any atom is -0.477 e. The van der Waals surface area contributed by atoms with Crippen LogP contribution in [0.1, 0.15) is 0 Å². The molecule has 0 aromatic carbocycles. The van der Waals surface area contributed by atoms with Gasteiger partial charge < -0.3 is 5.11 Å². The number of hydrogen-bond donors (Lipinski definition) is 1. The molecule has 1 N–H and O–H groups in total. The lowest BCUT2D eigenvalue weighted by molar-refractivity contribution is -0.131. The second kappa shape index (κ2) is 4.88. The van der Waals surface area contributed by atoms with Crippen LogP contribution in [0.25, 0.3) is 0 Å². The predicted molar refractivity (Wildman–Crippen MR) is 46.2 cm³/mol. The highest BCUT2D eigenvalue weighted by Gasteiger charge is 2.11. The summed E-state index contributed by atoms with van der Waals surface area (Å²) in [6.45, 7) is 0. The van der Waals surface area contributed by atoms with E-state index in [4.69, 9.17) is 51.5 Å². The summed E-state index contributed by atoms with van der Waals surface area (Å²) in [7, 11) is 0. The Morgan fingerprint density at radius 3 is 1.91 bits per heavy atom. The van der Waals surface area contributed by atoms with Gasteiger partial charge in [0.2, 0.25) is 0 Å². The summed E-state index contributed by atoms with van der Waals surface area (Å²) in [4.78, 5) is 10.2. The van der Waals surface area contributed by atoms with Gasteiger partial charge in [-0.1, -0.05) is 46.4 Å². The topological polar surface area (TPSA) is 37.3 Å². The molecule has 0 fully saturated rings. The van der Waals surface area contributed by atoms with Crippen molar-refractivity contribution in [1.82, 2.24) is 0 Å². The number of aliphatic carboxylic acids is 1. The van der Waals surface area contributed by atoms with E-state index in [2.05, 4.69) is 0 Å². The van der Waals surface area contributed by atoms with Gasteiger partial charge in [0.25, 0.3) is 0 Å². The van der Waals surface area contributed by atoms with Gasteiger partial charge in [0.1, 0.15) is 5.03 Å². The molecule has 0 radical (unpaired) electrons.